The van der Waals surface area contributed by atoms with Gasteiger partial charge in [0.25, 0.3) is 5.91 Å². The number of morpholine rings is 1. The third-order valence-corrected chi connectivity index (χ3v) is 7.20. The van der Waals surface area contributed by atoms with Crippen LogP contribution in [0, 0.1) is 25.2 Å². The average Bonchev–Trinajstić information content (AvgIpc) is 2.83. The van der Waals surface area contributed by atoms with Gasteiger partial charge in [0.2, 0.25) is 10.0 Å². The van der Waals surface area contributed by atoms with E-state index >= 15 is 0 Å². The second-order valence-electron chi connectivity index (χ2n) is 7.92. The molecule has 0 spiro atoms. The highest BCUT2D eigenvalue weighted by Crippen LogP contribution is 2.20. The Labute approximate surface area is 199 Å². The summed E-state index contributed by atoms with van der Waals surface area (Å²) in [7, 11) is -3.67. The van der Waals surface area contributed by atoms with Gasteiger partial charge in [-0.1, -0.05) is 6.07 Å². The number of anilines is 1. The van der Waals surface area contributed by atoms with Crippen LogP contribution in [0.25, 0.3) is 0 Å². The minimum Gasteiger partial charge on any atom is -0.452 e. The summed E-state index contributed by atoms with van der Waals surface area (Å²) in [6, 6.07) is 13.1. The third-order valence-electron chi connectivity index (χ3n) is 5.29. The molecule has 0 aromatic heterocycles. The molecule has 2 aromatic rings. The molecule has 1 saturated heterocycles. The molecule has 9 nitrogen and oxygen atoms in total. The minimum atomic E-state index is -3.67. The molecule has 0 radical (unpaired) electrons. The van der Waals surface area contributed by atoms with E-state index in [-0.39, 0.29) is 36.5 Å². The second kappa shape index (κ2) is 11.2. The van der Waals surface area contributed by atoms with Crippen LogP contribution in [0.1, 0.15) is 27.9 Å². The fourth-order valence-corrected chi connectivity index (χ4v) is 5.06. The lowest BCUT2D eigenvalue weighted by atomic mass is 10.1. The lowest BCUT2D eigenvalue weighted by Gasteiger charge is -2.26. The number of carbonyl (C=O) groups excluding carboxylic acids is 2. The third kappa shape index (κ3) is 6.20. The zero-order chi connectivity index (χ0) is 24.7. The zero-order valence-corrected chi connectivity index (χ0v) is 20.0. The van der Waals surface area contributed by atoms with Gasteiger partial charge < -0.3 is 14.4 Å². The van der Waals surface area contributed by atoms with Crippen LogP contribution in [0.2, 0.25) is 0 Å². The molecule has 1 amide bonds. The molecule has 3 rings (SSSR count). The Morgan fingerprint density at radius 3 is 2.29 bits per heavy atom. The highest BCUT2D eigenvalue weighted by atomic mass is 32.2. The molecule has 1 aliphatic heterocycles. The van der Waals surface area contributed by atoms with Crippen molar-refractivity contribution in [3.05, 3.63) is 59.2 Å². The van der Waals surface area contributed by atoms with Gasteiger partial charge in [0.1, 0.15) is 0 Å². The van der Waals surface area contributed by atoms with E-state index in [0.717, 1.165) is 11.1 Å². The van der Waals surface area contributed by atoms with Crippen molar-refractivity contribution in [3.63, 3.8) is 0 Å². The van der Waals surface area contributed by atoms with Crippen LogP contribution < -0.4 is 4.90 Å². The van der Waals surface area contributed by atoms with Gasteiger partial charge in [-0.2, -0.15) is 9.57 Å². The maximum atomic E-state index is 12.8. The van der Waals surface area contributed by atoms with Gasteiger partial charge in [-0.05, 0) is 61.4 Å². The number of amides is 1. The Kier molecular flexibility index (Phi) is 8.39. The molecule has 0 saturated carbocycles. The van der Waals surface area contributed by atoms with Gasteiger partial charge >= 0.3 is 5.97 Å². The van der Waals surface area contributed by atoms with E-state index in [4.69, 9.17) is 14.7 Å². The van der Waals surface area contributed by atoms with Crippen molar-refractivity contribution in [2.75, 3.05) is 44.4 Å². The molecular formula is C24H27N3O6S. The number of ether oxygens (including phenoxy) is 2. The summed E-state index contributed by atoms with van der Waals surface area (Å²) in [5, 5.41) is 8.96. The lowest BCUT2D eigenvalue weighted by Crippen LogP contribution is -2.40. The lowest BCUT2D eigenvalue weighted by molar-refractivity contribution is -0.121. The highest BCUT2D eigenvalue weighted by Gasteiger charge is 2.26. The highest BCUT2D eigenvalue weighted by molar-refractivity contribution is 7.89. The fraction of sp³-hybridized carbons (Fsp3) is 0.375. The van der Waals surface area contributed by atoms with Crippen molar-refractivity contribution < 1.29 is 27.5 Å². The first-order valence-electron chi connectivity index (χ1n) is 10.8. The van der Waals surface area contributed by atoms with E-state index in [1.165, 1.54) is 33.5 Å². The van der Waals surface area contributed by atoms with Crippen LogP contribution in [-0.4, -0.2) is 64.1 Å². The minimum absolute atomic E-state index is 0.0690. The van der Waals surface area contributed by atoms with E-state index in [9.17, 15) is 18.0 Å². The number of nitrogens with zero attached hydrogens (tertiary/aromatic N) is 3. The maximum absolute atomic E-state index is 12.8. The SMILES string of the molecule is Cc1cc(C)cc(N(CCC#N)C(=O)COC(=O)c2ccc(S(=O)(=O)N3CCOCC3)cc2)c1. The number of hydrogen-bond donors (Lipinski definition) is 0. The fourth-order valence-electron chi connectivity index (χ4n) is 3.65. The van der Waals surface area contributed by atoms with E-state index in [0.29, 0.717) is 18.9 Å². The number of sulfonamides is 1. The number of aryl methyl sites for hydroxylation is 2. The Morgan fingerprint density at radius 2 is 1.71 bits per heavy atom. The number of nitriles is 1. The Hall–Kier alpha value is -3.26. The van der Waals surface area contributed by atoms with Crippen molar-refractivity contribution in [2.45, 2.75) is 25.2 Å². The molecule has 0 N–H and O–H groups in total. The van der Waals surface area contributed by atoms with Crippen LogP contribution >= 0.6 is 0 Å². The summed E-state index contributed by atoms with van der Waals surface area (Å²) < 4.78 is 37.1. The molecule has 1 fully saturated rings. The number of esters is 1. The van der Waals surface area contributed by atoms with E-state index in [2.05, 4.69) is 0 Å². The summed E-state index contributed by atoms with van der Waals surface area (Å²) in [6.07, 6.45) is 0.131. The van der Waals surface area contributed by atoms with Crippen molar-refractivity contribution in [1.82, 2.24) is 4.31 Å². The van der Waals surface area contributed by atoms with Gasteiger partial charge in [0.15, 0.2) is 6.61 Å². The van der Waals surface area contributed by atoms with Gasteiger partial charge in [0, 0.05) is 25.3 Å². The molecule has 1 heterocycles. The molecule has 2 aromatic carbocycles. The molecule has 1 aliphatic rings. The van der Waals surface area contributed by atoms with Gasteiger partial charge in [-0.25, -0.2) is 13.2 Å². The first kappa shape index (κ1) is 25.4. The Morgan fingerprint density at radius 1 is 1.09 bits per heavy atom. The van der Waals surface area contributed by atoms with Gasteiger partial charge in [-0.15, -0.1) is 0 Å². The van der Waals surface area contributed by atoms with Crippen LogP contribution in [0.4, 0.5) is 5.69 Å². The molecule has 0 aliphatic carbocycles. The monoisotopic (exact) mass is 485 g/mol. The van der Waals surface area contributed by atoms with E-state index in [1.807, 2.05) is 38.1 Å². The number of rotatable bonds is 8. The summed E-state index contributed by atoms with van der Waals surface area (Å²) in [5.74, 6) is -1.20. The molecule has 10 heteroatoms. The van der Waals surface area contributed by atoms with Crippen LogP contribution in [0.5, 0.6) is 0 Å². The van der Waals surface area contributed by atoms with Gasteiger partial charge in [-0.3, -0.25) is 4.79 Å². The van der Waals surface area contributed by atoms with Crippen molar-refractivity contribution >= 4 is 27.6 Å². The number of benzene rings is 2. The van der Waals surface area contributed by atoms with E-state index in [1.54, 1.807) is 0 Å². The molecule has 34 heavy (non-hydrogen) atoms. The molecule has 0 bridgehead atoms. The smallest absolute Gasteiger partial charge is 0.338 e. The Balaban J connectivity index is 1.66. The second-order valence-corrected chi connectivity index (χ2v) is 9.85. The normalized spacial score (nSPS) is 14.3. The summed E-state index contributed by atoms with van der Waals surface area (Å²) in [4.78, 5) is 26.8. The maximum Gasteiger partial charge on any atom is 0.338 e. The molecular weight excluding hydrogens is 458 g/mol. The van der Waals surface area contributed by atoms with Crippen LogP contribution in [-0.2, 0) is 24.3 Å². The van der Waals surface area contributed by atoms with Crippen molar-refractivity contribution in [2.24, 2.45) is 0 Å². The summed E-state index contributed by atoms with van der Waals surface area (Å²) >= 11 is 0. The largest absolute Gasteiger partial charge is 0.452 e. The first-order chi connectivity index (χ1) is 16.2. The first-order valence-corrected chi connectivity index (χ1v) is 12.3. The Bertz CT molecular complexity index is 1160. The molecule has 0 atom stereocenters. The topological polar surface area (TPSA) is 117 Å². The number of carbonyl (C=O) groups is 2. The molecule has 180 valence electrons. The van der Waals surface area contributed by atoms with E-state index < -0.39 is 28.5 Å². The van der Waals surface area contributed by atoms with Crippen LogP contribution in [0.15, 0.2) is 47.4 Å². The van der Waals surface area contributed by atoms with Crippen molar-refractivity contribution in [1.29, 1.82) is 5.26 Å². The zero-order valence-electron chi connectivity index (χ0n) is 19.2. The predicted molar refractivity (Wildman–Crippen MR) is 125 cm³/mol. The van der Waals surface area contributed by atoms with Crippen molar-refractivity contribution in [3.8, 4) is 6.07 Å². The van der Waals surface area contributed by atoms with Crippen LogP contribution in [0.3, 0.4) is 0 Å². The van der Waals surface area contributed by atoms with Gasteiger partial charge in [0.05, 0.1) is 36.2 Å². The predicted octanol–water partition coefficient (Wildman–Crippen LogP) is 2.43. The molecule has 0 unspecified atom stereocenters. The summed E-state index contributed by atoms with van der Waals surface area (Å²) in [6.45, 7) is 4.71. The number of hydrogen-bond acceptors (Lipinski definition) is 7. The standard InChI is InChI=1S/C24H27N3O6S/c1-18-14-19(2)16-21(15-18)27(9-3-8-25)23(28)17-33-24(29)20-4-6-22(7-5-20)34(30,31)26-10-12-32-13-11-26/h4-7,14-16H,3,9-13,17H2,1-2H3. The average molecular weight is 486 g/mol. The quantitative estimate of drug-likeness (QED) is 0.527. The summed E-state index contributed by atoms with van der Waals surface area (Å²) in [5.41, 5.74) is 2.69.